The third kappa shape index (κ3) is 4.80. The Hall–Kier alpha value is -1.42. The van der Waals surface area contributed by atoms with Gasteiger partial charge in [-0.2, -0.15) is 0 Å². The summed E-state index contributed by atoms with van der Waals surface area (Å²) in [5, 5.41) is 3.44. The van der Waals surface area contributed by atoms with Crippen molar-refractivity contribution in [2.24, 2.45) is 5.92 Å². The van der Waals surface area contributed by atoms with Crippen LogP contribution in [0.1, 0.15) is 51.6 Å². The summed E-state index contributed by atoms with van der Waals surface area (Å²) >= 11 is 0. The average molecular weight is 303 g/mol. The van der Waals surface area contributed by atoms with Crippen molar-refractivity contribution in [3.8, 4) is 0 Å². The Bertz CT molecular complexity index is 441. The van der Waals surface area contributed by atoms with Gasteiger partial charge in [-0.25, -0.2) is 0 Å². The highest BCUT2D eigenvalue weighted by molar-refractivity contribution is 5.78. The van der Waals surface area contributed by atoms with E-state index in [0.29, 0.717) is 18.5 Å². The molecule has 0 spiro atoms. The van der Waals surface area contributed by atoms with Crippen LogP contribution in [0.3, 0.4) is 0 Å². The molecule has 2 rings (SSSR count). The molecule has 122 valence electrons. The number of carbonyl (C=O) groups is 1. The van der Waals surface area contributed by atoms with E-state index in [1.807, 2.05) is 24.4 Å². The molecule has 1 fully saturated rings. The molecule has 22 heavy (non-hydrogen) atoms. The number of nitrogens with one attached hydrogen (secondary N) is 1. The molecular weight excluding hydrogens is 274 g/mol. The van der Waals surface area contributed by atoms with Gasteiger partial charge >= 0.3 is 0 Å². The van der Waals surface area contributed by atoms with Crippen LogP contribution in [0, 0.1) is 5.92 Å². The number of hydrogen-bond donors (Lipinski definition) is 1. The molecule has 4 heteroatoms. The minimum absolute atomic E-state index is 0.102. The van der Waals surface area contributed by atoms with E-state index >= 15 is 0 Å². The molecule has 0 bridgehead atoms. The van der Waals surface area contributed by atoms with Crippen LogP contribution in [0.25, 0.3) is 0 Å². The van der Waals surface area contributed by atoms with Crippen LogP contribution in [0.5, 0.6) is 0 Å². The molecule has 0 radical (unpaired) electrons. The number of carbonyl (C=O) groups excluding carboxylic acids is 1. The molecule has 1 aromatic heterocycles. The monoisotopic (exact) mass is 303 g/mol. The molecule has 4 nitrogen and oxygen atoms in total. The molecule has 2 heterocycles. The summed E-state index contributed by atoms with van der Waals surface area (Å²) in [5.74, 6) is 0.393. The first-order valence-electron chi connectivity index (χ1n) is 8.63. The number of rotatable bonds is 6. The summed E-state index contributed by atoms with van der Waals surface area (Å²) in [6.07, 6.45) is 7.09. The predicted molar refractivity (Wildman–Crippen MR) is 89.4 cm³/mol. The van der Waals surface area contributed by atoms with Crippen molar-refractivity contribution in [1.82, 2.24) is 15.2 Å². The van der Waals surface area contributed by atoms with Crippen molar-refractivity contribution in [3.05, 3.63) is 30.1 Å². The average Bonchev–Trinajstić information content (AvgIpc) is 2.82. The van der Waals surface area contributed by atoms with Crippen molar-refractivity contribution >= 4 is 5.91 Å². The molecule has 1 aromatic rings. The highest BCUT2D eigenvalue weighted by Gasteiger charge is 2.27. The van der Waals surface area contributed by atoms with Crippen LogP contribution in [0.2, 0.25) is 0 Å². The maximum atomic E-state index is 12.9. The molecule has 0 aromatic carbocycles. The molecule has 0 aliphatic carbocycles. The Morgan fingerprint density at radius 2 is 2.27 bits per heavy atom. The lowest BCUT2D eigenvalue weighted by Gasteiger charge is -2.33. The van der Waals surface area contributed by atoms with Crippen molar-refractivity contribution in [3.63, 3.8) is 0 Å². The van der Waals surface area contributed by atoms with Gasteiger partial charge in [0.05, 0.1) is 12.2 Å². The summed E-state index contributed by atoms with van der Waals surface area (Å²) < 4.78 is 0. The molecule has 1 aliphatic rings. The van der Waals surface area contributed by atoms with Gasteiger partial charge in [0.25, 0.3) is 0 Å². The van der Waals surface area contributed by atoms with E-state index in [0.717, 1.165) is 50.9 Å². The standard InChI is InChI=1S/C18H29N3O/c1-3-7-15(2)18(22)21(14-16-8-4-5-12-20-16)17-9-6-11-19-13-10-17/h4-5,8,12,15,17,19H,3,6-7,9-11,13-14H2,1-2H3. The largest absolute Gasteiger partial charge is 0.334 e. The first-order valence-corrected chi connectivity index (χ1v) is 8.63. The molecular formula is C18H29N3O. The number of amides is 1. The van der Waals surface area contributed by atoms with Gasteiger partial charge in [-0.3, -0.25) is 9.78 Å². The normalized spacial score (nSPS) is 20.2. The van der Waals surface area contributed by atoms with Gasteiger partial charge in [-0.1, -0.05) is 26.3 Å². The summed E-state index contributed by atoms with van der Waals surface area (Å²) in [7, 11) is 0. The summed E-state index contributed by atoms with van der Waals surface area (Å²) in [5.41, 5.74) is 0.983. The third-order valence-corrected chi connectivity index (χ3v) is 4.47. The van der Waals surface area contributed by atoms with E-state index in [4.69, 9.17) is 0 Å². The fraction of sp³-hybridized carbons (Fsp3) is 0.667. The van der Waals surface area contributed by atoms with Crippen LogP contribution in [0.15, 0.2) is 24.4 Å². The van der Waals surface area contributed by atoms with E-state index in [1.165, 1.54) is 0 Å². The van der Waals surface area contributed by atoms with Gasteiger partial charge in [0.15, 0.2) is 0 Å². The van der Waals surface area contributed by atoms with E-state index in [1.54, 1.807) is 0 Å². The molecule has 1 saturated heterocycles. The van der Waals surface area contributed by atoms with Gasteiger partial charge in [-0.05, 0) is 50.9 Å². The van der Waals surface area contributed by atoms with Gasteiger partial charge < -0.3 is 10.2 Å². The van der Waals surface area contributed by atoms with E-state index in [9.17, 15) is 4.79 Å². The molecule has 2 unspecified atom stereocenters. The minimum Gasteiger partial charge on any atom is -0.334 e. The minimum atomic E-state index is 0.102. The van der Waals surface area contributed by atoms with Crippen LogP contribution >= 0.6 is 0 Å². The van der Waals surface area contributed by atoms with Crippen molar-refractivity contribution in [2.75, 3.05) is 13.1 Å². The molecule has 1 N–H and O–H groups in total. The zero-order chi connectivity index (χ0) is 15.8. The van der Waals surface area contributed by atoms with E-state index in [2.05, 4.69) is 29.0 Å². The first-order chi connectivity index (χ1) is 10.7. The van der Waals surface area contributed by atoms with Gasteiger partial charge in [0, 0.05) is 18.2 Å². The zero-order valence-electron chi connectivity index (χ0n) is 13.9. The maximum Gasteiger partial charge on any atom is 0.226 e. The number of nitrogens with zero attached hydrogens (tertiary/aromatic N) is 2. The summed E-state index contributed by atoms with van der Waals surface area (Å²) in [6, 6.07) is 6.27. The molecule has 1 aliphatic heterocycles. The summed E-state index contributed by atoms with van der Waals surface area (Å²) in [6.45, 7) is 6.90. The third-order valence-electron chi connectivity index (χ3n) is 4.47. The summed E-state index contributed by atoms with van der Waals surface area (Å²) in [4.78, 5) is 19.4. The lowest BCUT2D eigenvalue weighted by molar-refractivity contribution is -0.138. The molecule has 1 amide bonds. The fourth-order valence-corrected chi connectivity index (χ4v) is 3.21. The maximum absolute atomic E-state index is 12.9. The SMILES string of the molecule is CCCC(C)C(=O)N(Cc1ccccn1)C1CCCNCC1. The van der Waals surface area contributed by atoms with Crippen LogP contribution in [-0.4, -0.2) is 34.9 Å². The van der Waals surface area contributed by atoms with Crippen molar-refractivity contribution in [2.45, 2.75) is 58.5 Å². The smallest absolute Gasteiger partial charge is 0.226 e. The Labute approximate surface area is 134 Å². The highest BCUT2D eigenvalue weighted by Crippen LogP contribution is 2.20. The Morgan fingerprint density at radius 1 is 1.41 bits per heavy atom. The highest BCUT2D eigenvalue weighted by atomic mass is 16.2. The second kappa shape index (κ2) is 8.89. The van der Waals surface area contributed by atoms with Gasteiger partial charge in [0.1, 0.15) is 0 Å². The Kier molecular flexibility index (Phi) is 6.84. The fourth-order valence-electron chi connectivity index (χ4n) is 3.21. The lowest BCUT2D eigenvalue weighted by Crippen LogP contribution is -2.43. The second-order valence-corrected chi connectivity index (χ2v) is 6.31. The van der Waals surface area contributed by atoms with Crippen molar-refractivity contribution in [1.29, 1.82) is 0 Å². The second-order valence-electron chi connectivity index (χ2n) is 6.31. The first kappa shape index (κ1) is 16.9. The number of aromatic nitrogens is 1. The van der Waals surface area contributed by atoms with Crippen LogP contribution in [-0.2, 0) is 11.3 Å². The quantitative estimate of drug-likeness (QED) is 0.878. The van der Waals surface area contributed by atoms with Crippen LogP contribution in [0.4, 0.5) is 0 Å². The topological polar surface area (TPSA) is 45.2 Å². The Balaban J connectivity index is 2.13. The predicted octanol–water partition coefficient (Wildman–Crippen LogP) is 2.99. The molecule has 0 saturated carbocycles. The number of hydrogen-bond acceptors (Lipinski definition) is 3. The van der Waals surface area contributed by atoms with E-state index < -0.39 is 0 Å². The zero-order valence-corrected chi connectivity index (χ0v) is 13.9. The van der Waals surface area contributed by atoms with Crippen molar-refractivity contribution < 1.29 is 4.79 Å². The lowest BCUT2D eigenvalue weighted by atomic mass is 10.0. The molecule has 2 atom stereocenters. The van der Waals surface area contributed by atoms with E-state index in [-0.39, 0.29) is 5.92 Å². The Morgan fingerprint density at radius 3 is 3.00 bits per heavy atom. The van der Waals surface area contributed by atoms with Crippen LogP contribution < -0.4 is 5.32 Å². The number of pyridine rings is 1. The van der Waals surface area contributed by atoms with Gasteiger partial charge in [-0.15, -0.1) is 0 Å². The van der Waals surface area contributed by atoms with Gasteiger partial charge in [0.2, 0.25) is 5.91 Å².